The maximum atomic E-state index is 3.73. The first kappa shape index (κ1) is 13.9. The first-order valence-electron chi connectivity index (χ1n) is 5.97. The number of thioether (sulfide) groups is 1. The summed E-state index contributed by atoms with van der Waals surface area (Å²) in [6, 6.07) is 0. The summed E-state index contributed by atoms with van der Waals surface area (Å²) in [5.41, 5.74) is 0.620. The molecule has 15 heavy (non-hydrogen) atoms. The summed E-state index contributed by atoms with van der Waals surface area (Å²) in [5, 5.41) is 1.20. The quantitative estimate of drug-likeness (QED) is 0.543. The van der Waals surface area contributed by atoms with Gasteiger partial charge < -0.3 is 4.90 Å². The topological polar surface area (TPSA) is 3.24 Å². The molecule has 0 heterocycles. The molecule has 0 N–H and O–H groups in total. The summed E-state index contributed by atoms with van der Waals surface area (Å²) in [4.78, 5) is 2.27. The van der Waals surface area contributed by atoms with Crippen molar-refractivity contribution in [1.29, 1.82) is 0 Å². The van der Waals surface area contributed by atoms with Crippen LogP contribution in [0.25, 0.3) is 0 Å². The molecular weight excluding hydrogens is 270 g/mol. The molecule has 1 aliphatic rings. The number of hydrogen-bond acceptors (Lipinski definition) is 2. The average molecular weight is 294 g/mol. The highest BCUT2D eigenvalue weighted by Gasteiger charge is 2.30. The molecule has 1 fully saturated rings. The second-order valence-electron chi connectivity index (χ2n) is 5.05. The molecule has 3 heteroatoms. The Morgan fingerprint density at radius 3 is 2.40 bits per heavy atom. The second kappa shape index (κ2) is 7.18. The highest BCUT2D eigenvalue weighted by molar-refractivity contribution is 9.09. The van der Waals surface area contributed by atoms with Gasteiger partial charge in [0.1, 0.15) is 0 Å². The highest BCUT2D eigenvalue weighted by Crippen LogP contribution is 2.40. The zero-order valence-corrected chi connectivity index (χ0v) is 12.5. The molecule has 0 unspecified atom stereocenters. The summed E-state index contributed by atoms with van der Waals surface area (Å²) in [7, 11) is 4.31. The van der Waals surface area contributed by atoms with Gasteiger partial charge in [0.15, 0.2) is 0 Å². The third-order valence-electron chi connectivity index (χ3n) is 3.29. The average Bonchev–Trinajstić information content (AvgIpc) is 2.26. The fourth-order valence-corrected chi connectivity index (χ4v) is 4.64. The van der Waals surface area contributed by atoms with Gasteiger partial charge >= 0.3 is 0 Å². The lowest BCUT2D eigenvalue weighted by molar-refractivity contribution is 0.260. The van der Waals surface area contributed by atoms with Gasteiger partial charge in [-0.1, -0.05) is 35.2 Å². The minimum Gasteiger partial charge on any atom is -0.309 e. The van der Waals surface area contributed by atoms with Crippen molar-refractivity contribution in [3.8, 4) is 0 Å². The third-order valence-corrected chi connectivity index (χ3v) is 5.77. The van der Waals surface area contributed by atoms with Gasteiger partial charge in [0, 0.05) is 17.6 Å². The van der Waals surface area contributed by atoms with Crippen LogP contribution in [-0.4, -0.2) is 42.4 Å². The third kappa shape index (κ3) is 5.10. The van der Waals surface area contributed by atoms with E-state index in [-0.39, 0.29) is 0 Å². The second-order valence-corrected chi connectivity index (χ2v) is 6.72. The summed E-state index contributed by atoms with van der Waals surface area (Å²) in [5.74, 6) is 2.63. The van der Waals surface area contributed by atoms with Crippen molar-refractivity contribution >= 4 is 27.7 Å². The van der Waals surface area contributed by atoms with Crippen LogP contribution in [-0.2, 0) is 0 Å². The van der Waals surface area contributed by atoms with Gasteiger partial charge in [-0.3, -0.25) is 0 Å². The van der Waals surface area contributed by atoms with Gasteiger partial charge in [0.05, 0.1) is 0 Å². The van der Waals surface area contributed by atoms with E-state index >= 15 is 0 Å². The molecule has 0 aromatic carbocycles. The van der Waals surface area contributed by atoms with Gasteiger partial charge in [-0.2, -0.15) is 11.8 Å². The number of alkyl halides is 1. The fourth-order valence-electron chi connectivity index (χ4n) is 2.15. The molecule has 0 amide bonds. The van der Waals surface area contributed by atoms with Crippen LogP contribution in [0.15, 0.2) is 0 Å². The molecule has 0 aromatic rings. The molecule has 0 atom stereocenters. The van der Waals surface area contributed by atoms with Crippen molar-refractivity contribution in [1.82, 2.24) is 4.90 Å². The largest absolute Gasteiger partial charge is 0.309 e. The lowest BCUT2D eigenvalue weighted by Gasteiger charge is -2.35. The van der Waals surface area contributed by atoms with Gasteiger partial charge in [-0.05, 0) is 38.1 Å². The van der Waals surface area contributed by atoms with Crippen LogP contribution in [0, 0.1) is 5.41 Å². The molecule has 0 aromatic heterocycles. The van der Waals surface area contributed by atoms with Gasteiger partial charge in [-0.25, -0.2) is 0 Å². The molecule has 0 aliphatic heterocycles. The predicted molar refractivity (Wildman–Crippen MR) is 75.2 cm³/mol. The van der Waals surface area contributed by atoms with E-state index in [4.69, 9.17) is 0 Å². The zero-order chi connectivity index (χ0) is 11.1. The molecule has 1 aliphatic carbocycles. The van der Waals surface area contributed by atoms with Gasteiger partial charge in [-0.15, -0.1) is 0 Å². The SMILES string of the molecule is CN(C)CCSCC1(CBr)CCCCC1. The number of hydrogen-bond donors (Lipinski definition) is 0. The minimum atomic E-state index is 0.620. The Morgan fingerprint density at radius 1 is 1.20 bits per heavy atom. The first-order valence-corrected chi connectivity index (χ1v) is 8.25. The van der Waals surface area contributed by atoms with Crippen molar-refractivity contribution in [2.45, 2.75) is 32.1 Å². The minimum absolute atomic E-state index is 0.620. The van der Waals surface area contributed by atoms with E-state index in [1.54, 1.807) is 0 Å². The molecule has 0 spiro atoms. The van der Waals surface area contributed by atoms with E-state index in [0.717, 1.165) is 0 Å². The van der Waals surface area contributed by atoms with Crippen LogP contribution in [0.1, 0.15) is 32.1 Å². The highest BCUT2D eigenvalue weighted by atomic mass is 79.9. The molecule has 90 valence electrons. The number of halogens is 1. The van der Waals surface area contributed by atoms with Gasteiger partial charge in [0.25, 0.3) is 0 Å². The van der Waals surface area contributed by atoms with E-state index in [2.05, 4.69) is 46.7 Å². The Labute approximate surface area is 107 Å². The van der Waals surface area contributed by atoms with Crippen LogP contribution in [0.2, 0.25) is 0 Å². The van der Waals surface area contributed by atoms with Crippen molar-refractivity contribution in [2.24, 2.45) is 5.41 Å². The molecule has 1 nitrogen and oxygen atoms in total. The fraction of sp³-hybridized carbons (Fsp3) is 1.00. The summed E-state index contributed by atoms with van der Waals surface area (Å²) in [6.45, 7) is 1.21. The first-order chi connectivity index (χ1) is 7.18. The van der Waals surface area contributed by atoms with Gasteiger partial charge in [0.2, 0.25) is 0 Å². The molecular formula is C12H24BrNS. The van der Waals surface area contributed by atoms with Crippen LogP contribution >= 0.6 is 27.7 Å². The Morgan fingerprint density at radius 2 is 1.87 bits per heavy atom. The maximum Gasteiger partial charge on any atom is 0.00958 e. The van der Waals surface area contributed by atoms with Crippen molar-refractivity contribution in [3.05, 3.63) is 0 Å². The predicted octanol–water partition coefficient (Wildman–Crippen LogP) is 3.63. The van der Waals surface area contributed by atoms with Crippen LogP contribution in [0.5, 0.6) is 0 Å². The molecule has 1 rings (SSSR count). The Bertz CT molecular complexity index is 167. The Balaban J connectivity index is 2.20. The summed E-state index contributed by atoms with van der Waals surface area (Å²) >= 11 is 5.87. The monoisotopic (exact) mass is 293 g/mol. The summed E-state index contributed by atoms with van der Waals surface area (Å²) in [6.07, 6.45) is 7.22. The molecule has 0 bridgehead atoms. The van der Waals surface area contributed by atoms with Crippen LogP contribution in [0.3, 0.4) is 0 Å². The Kier molecular flexibility index (Phi) is 6.63. The van der Waals surface area contributed by atoms with Crippen LogP contribution < -0.4 is 0 Å². The van der Waals surface area contributed by atoms with Crippen LogP contribution in [0.4, 0.5) is 0 Å². The van der Waals surface area contributed by atoms with Crippen molar-refractivity contribution in [2.75, 3.05) is 37.5 Å². The normalized spacial score (nSPS) is 20.8. The van der Waals surface area contributed by atoms with Crippen molar-refractivity contribution < 1.29 is 0 Å². The van der Waals surface area contributed by atoms with E-state index in [9.17, 15) is 0 Å². The van der Waals surface area contributed by atoms with E-state index in [1.807, 2.05) is 0 Å². The Hall–Kier alpha value is 0.790. The summed E-state index contributed by atoms with van der Waals surface area (Å²) < 4.78 is 0. The molecule has 0 radical (unpaired) electrons. The standard InChI is InChI=1S/C12H24BrNS/c1-14(2)8-9-15-11-12(10-13)6-4-3-5-7-12/h3-11H2,1-2H3. The number of nitrogens with zero attached hydrogens (tertiary/aromatic N) is 1. The smallest absolute Gasteiger partial charge is 0.00958 e. The zero-order valence-electron chi connectivity index (χ0n) is 10.1. The lowest BCUT2D eigenvalue weighted by atomic mass is 9.77. The van der Waals surface area contributed by atoms with E-state index in [1.165, 1.54) is 55.5 Å². The molecule has 0 saturated heterocycles. The van der Waals surface area contributed by atoms with E-state index in [0.29, 0.717) is 5.41 Å². The maximum absolute atomic E-state index is 3.73. The lowest BCUT2D eigenvalue weighted by Crippen LogP contribution is -2.29. The van der Waals surface area contributed by atoms with E-state index < -0.39 is 0 Å². The van der Waals surface area contributed by atoms with Crippen molar-refractivity contribution in [3.63, 3.8) is 0 Å². The molecule has 1 saturated carbocycles. The number of rotatable bonds is 6.